The number of piperazine rings is 1. The number of fused-ring (bicyclic) bond motifs is 1. The van der Waals surface area contributed by atoms with Gasteiger partial charge in [-0.25, -0.2) is 0 Å². The molecule has 4 rings (SSSR count). The van der Waals surface area contributed by atoms with Gasteiger partial charge in [-0.3, -0.25) is 14.7 Å². The first kappa shape index (κ1) is 18.0. The van der Waals surface area contributed by atoms with E-state index in [-0.39, 0.29) is 5.91 Å². The lowest BCUT2D eigenvalue weighted by molar-refractivity contribution is 0.0627. The van der Waals surface area contributed by atoms with Crippen molar-refractivity contribution in [2.24, 2.45) is 0 Å². The van der Waals surface area contributed by atoms with Gasteiger partial charge >= 0.3 is 0 Å². The molecule has 27 heavy (non-hydrogen) atoms. The molecule has 5 nitrogen and oxygen atoms in total. The minimum Gasteiger partial charge on any atom is -0.466 e. The minimum atomic E-state index is 0.0499. The molecule has 1 aromatic carbocycles. The van der Waals surface area contributed by atoms with Crippen molar-refractivity contribution in [2.45, 2.75) is 20.4 Å². The number of benzene rings is 1. The quantitative estimate of drug-likeness (QED) is 0.684. The van der Waals surface area contributed by atoms with Crippen molar-refractivity contribution in [3.05, 3.63) is 64.2 Å². The van der Waals surface area contributed by atoms with Gasteiger partial charge in [0.2, 0.25) is 0 Å². The summed E-state index contributed by atoms with van der Waals surface area (Å²) in [7, 11) is 0. The third-order valence-electron chi connectivity index (χ3n) is 5.13. The highest BCUT2D eigenvalue weighted by Gasteiger charge is 2.25. The van der Waals surface area contributed by atoms with Crippen LogP contribution in [0, 0.1) is 13.8 Å². The Kier molecular flexibility index (Phi) is 4.89. The van der Waals surface area contributed by atoms with Gasteiger partial charge in [0.05, 0.1) is 11.1 Å². The first-order valence-corrected chi connectivity index (χ1v) is 9.51. The number of halogens is 1. The summed E-state index contributed by atoms with van der Waals surface area (Å²) in [6.07, 6.45) is 1.80. The SMILES string of the molecule is Cc1cc(C(=O)N2CCN(Cc3c(Cl)ccc4cccnc34)CC2)c(C)o1. The summed E-state index contributed by atoms with van der Waals surface area (Å²) >= 11 is 6.46. The molecule has 2 aromatic heterocycles. The van der Waals surface area contributed by atoms with E-state index in [2.05, 4.69) is 9.88 Å². The Bertz CT molecular complexity index is 990. The number of hydrogen-bond acceptors (Lipinski definition) is 4. The molecule has 1 aliphatic rings. The molecule has 1 amide bonds. The van der Waals surface area contributed by atoms with Crippen LogP contribution in [0.3, 0.4) is 0 Å². The molecule has 3 aromatic rings. The van der Waals surface area contributed by atoms with Crippen molar-refractivity contribution in [2.75, 3.05) is 26.2 Å². The van der Waals surface area contributed by atoms with Crippen LogP contribution in [0.1, 0.15) is 27.4 Å². The zero-order valence-electron chi connectivity index (χ0n) is 15.5. The second-order valence-electron chi connectivity index (χ2n) is 7.00. The number of pyridine rings is 1. The number of hydrogen-bond donors (Lipinski definition) is 0. The molecular formula is C21H22ClN3O2. The summed E-state index contributed by atoms with van der Waals surface area (Å²) in [6.45, 7) is 7.44. The zero-order valence-corrected chi connectivity index (χ0v) is 16.3. The molecule has 3 heterocycles. The topological polar surface area (TPSA) is 49.6 Å². The number of rotatable bonds is 3. The van der Waals surface area contributed by atoms with Crippen molar-refractivity contribution >= 4 is 28.4 Å². The monoisotopic (exact) mass is 383 g/mol. The van der Waals surface area contributed by atoms with Crippen LogP contribution in [0.5, 0.6) is 0 Å². The lowest BCUT2D eigenvalue weighted by Gasteiger charge is -2.35. The van der Waals surface area contributed by atoms with Gasteiger partial charge in [0, 0.05) is 54.9 Å². The fourth-order valence-electron chi connectivity index (χ4n) is 3.68. The summed E-state index contributed by atoms with van der Waals surface area (Å²) in [4.78, 5) is 21.5. The van der Waals surface area contributed by atoms with E-state index in [0.29, 0.717) is 24.4 Å². The van der Waals surface area contributed by atoms with E-state index < -0.39 is 0 Å². The molecular weight excluding hydrogens is 362 g/mol. The smallest absolute Gasteiger partial charge is 0.257 e. The Morgan fingerprint density at radius 3 is 2.67 bits per heavy atom. The van der Waals surface area contributed by atoms with Gasteiger partial charge in [0.25, 0.3) is 5.91 Å². The van der Waals surface area contributed by atoms with Gasteiger partial charge in [-0.2, -0.15) is 0 Å². The lowest BCUT2D eigenvalue weighted by Crippen LogP contribution is -2.48. The second kappa shape index (κ2) is 7.33. The van der Waals surface area contributed by atoms with Crippen molar-refractivity contribution in [1.82, 2.24) is 14.8 Å². The molecule has 0 spiro atoms. The van der Waals surface area contributed by atoms with Crippen LogP contribution in [-0.4, -0.2) is 46.9 Å². The second-order valence-corrected chi connectivity index (χ2v) is 7.40. The standard InChI is InChI=1S/C21H22ClN3O2/c1-14-12-17(15(2)27-14)21(26)25-10-8-24(9-11-25)13-18-19(22)6-5-16-4-3-7-23-20(16)18/h3-7,12H,8-11,13H2,1-2H3. The molecule has 0 N–H and O–H groups in total. The number of aryl methyl sites for hydroxylation is 2. The molecule has 140 valence electrons. The summed E-state index contributed by atoms with van der Waals surface area (Å²) < 4.78 is 5.50. The van der Waals surface area contributed by atoms with E-state index in [0.717, 1.165) is 46.9 Å². The largest absolute Gasteiger partial charge is 0.466 e. The number of furan rings is 1. The Morgan fingerprint density at radius 2 is 1.96 bits per heavy atom. The van der Waals surface area contributed by atoms with Crippen LogP contribution in [-0.2, 0) is 6.54 Å². The van der Waals surface area contributed by atoms with Crippen molar-refractivity contribution < 1.29 is 9.21 Å². The van der Waals surface area contributed by atoms with E-state index in [1.54, 1.807) is 6.20 Å². The van der Waals surface area contributed by atoms with Gasteiger partial charge in [-0.1, -0.05) is 23.7 Å². The van der Waals surface area contributed by atoms with Crippen LogP contribution < -0.4 is 0 Å². The Hall–Kier alpha value is -2.37. The van der Waals surface area contributed by atoms with Gasteiger partial charge in [-0.05, 0) is 32.0 Å². The maximum absolute atomic E-state index is 12.7. The number of carbonyl (C=O) groups excluding carboxylic acids is 1. The van der Waals surface area contributed by atoms with Gasteiger partial charge in [0.15, 0.2) is 0 Å². The highest BCUT2D eigenvalue weighted by molar-refractivity contribution is 6.32. The van der Waals surface area contributed by atoms with Crippen molar-refractivity contribution in [3.8, 4) is 0 Å². The fourth-order valence-corrected chi connectivity index (χ4v) is 3.89. The minimum absolute atomic E-state index is 0.0499. The summed E-state index contributed by atoms with van der Waals surface area (Å²) in [5.41, 5.74) is 2.67. The summed E-state index contributed by atoms with van der Waals surface area (Å²) in [5.74, 6) is 1.51. The number of nitrogens with zero attached hydrogens (tertiary/aromatic N) is 3. The molecule has 0 aliphatic carbocycles. The number of carbonyl (C=O) groups is 1. The molecule has 0 atom stereocenters. The number of amides is 1. The first-order valence-electron chi connectivity index (χ1n) is 9.13. The van der Waals surface area contributed by atoms with Crippen LogP contribution in [0.15, 0.2) is 40.9 Å². The first-order chi connectivity index (χ1) is 13.0. The summed E-state index contributed by atoms with van der Waals surface area (Å²) in [6, 6.07) is 9.74. The average Bonchev–Trinajstić information content (AvgIpc) is 3.02. The zero-order chi connectivity index (χ0) is 19.0. The highest BCUT2D eigenvalue weighted by Crippen LogP contribution is 2.26. The fraction of sp³-hybridized carbons (Fsp3) is 0.333. The number of aromatic nitrogens is 1. The third-order valence-corrected chi connectivity index (χ3v) is 5.49. The molecule has 0 bridgehead atoms. The van der Waals surface area contributed by atoms with Gasteiger partial charge < -0.3 is 9.32 Å². The predicted molar refractivity (Wildman–Crippen MR) is 106 cm³/mol. The van der Waals surface area contributed by atoms with Crippen LogP contribution in [0.4, 0.5) is 0 Å². The van der Waals surface area contributed by atoms with Gasteiger partial charge in [0.1, 0.15) is 11.5 Å². The molecule has 1 aliphatic heterocycles. The highest BCUT2D eigenvalue weighted by atomic mass is 35.5. The van der Waals surface area contributed by atoms with Crippen LogP contribution in [0.2, 0.25) is 5.02 Å². The molecule has 0 unspecified atom stereocenters. The molecule has 1 fully saturated rings. The normalized spacial score (nSPS) is 15.4. The Balaban J connectivity index is 1.45. The van der Waals surface area contributed by atoms with Crippen LogP contribution >= 0.6 is 11.6 Å². The third kappa shape index (κ3) is 3.57. The summed E-state index contributed by atoms with van der Waals surface area (Å²) in [5, 5.41) is 1.83. The molecule has 6 heteroatoms. The van der Waals surface area contributed by atoms with Crippen molar-refractivity contribution in [3.63, 3.8) is 0 Å². The van der Waals surface area contributed by atoms with E-state index in [1.807, 2.05) is 49.1 Å². The van der Waals surface area contributed by atoms with E-state index in [4.69, 9.17) is 16.0 Å². The molecule has 0 radical (unpaired) electrons. The van der Waals surface area contributed by atoms with E-state index in [9.17, 15) is 4.79 Å². The van der Waals surface area contributed by atoms with Crippen molar-refractivity contribution in [1.29, 1.82) is 0 Å². The van der Waals surface area contributed by atoms with E-state index >= 15 is 0 Å². The van der Waals surface area contributed by atoms with E-state index in [1.165, 1.54) is 0 Å². The lowest BCUT2D eigenvalue weighted by atomic mass is 10.1. The molecule has 0 saturated carbocycles. The molecule has 1 saturated heterocycles. The Labute approximate surface area is 163 Å². The van der Waals surface area contributed by atoms with Gasteiger partial charge in [-0.15, -0.1) is 0 Å². The Morgan fingerprint density at radius 1 is 1.19 bits per heavy atom. The predicted octanol–water partition coefficient (Wildman–Crippen LogP) is 4.06. The maximum Gasteiger partial charge on any atom is 0.257 e. The maximum atomic E-state index is 12.7. The van der Waals surface area contributed by atoms with Crippen LogP contribution in [0.25, 0.3) is 10.9 Å². The average molecular weight is 384 g/mol.